The highest BCUT2D eigenvalue weighted by molar-refractivity contribution is 7.89. The standard InChI is InChI=1S/C24H28N2O4S/c1-18(27)19-9-11-22(12-10-19)31(29,30)25-16-13-21(14-17-25)24(28)26-15-5-8-23(26)20-6-3-2-4-7-20/h2-4,6-7,9-12,21,23H,5,8,13-17H2,1H3/t23-/m1/s1. The summed E-state index contributed by atoms with van der Waals surface area (Å²) in [6, 6.07) is 16.3. The van der Waals surface area contributed by atoms with Gasteiger partial charge in [-0.2, -0.15) is 4.31 Å². The molecule has 1 amide bonds. The van der Waals surface area contributed by atoms with Gasteiger partial charge in [-0.05, 0) is 50.3 Å². The number of likely N-dealkylation sites (tertiary alicyclic amines) is 1. The third-order valence-corrected chi connectivity index (χ3v) is 8.33. The second kappa shape index (κ2) is 8.93. The van der Waals surface area contributed by atoms with E-state index in [4.69, 9.17) is 0 Å². The van der Waals surface area contributed by atoms with E-state index in [-0.39, 0.29) is 28.5 Å². The number of benzene rings is 2. The quantitative estimate of drug-likeness (QED) is 0.665. The maximum atomic E-state index is 13.2. The average molecular weight is 441 g/mol. The van der Waals surface area contributed by atoms with Gasteiger partial charge in [0, 0.05) is 31.1 Å². The number of nitrogens with zero attached hydrogens (tertiary/aromatic N) is 2. The molecule has 0 spiro atoms. The fourth-order valence-corrected chi connectivity index (χ4v) is 6.11. The third-order valence-electron chi connectivity index (χ3n) is 6.42. The van der Waals surface area contributed by atoms with Gasteiger partial charge in [0.25, 0.3) is 0 Å². The lowest BCUT2D eigenvalue weighted by molar-refractivity contribution is -0.137. The van der Waals surface area contributed by atoms with E-state index < -0.39 is 10.0 Å². The molecule has 2 aromatic carbocycles. The summed E-state index contributed by atoms with van der Waals surface area (Å²) in [5.74, 6) is -0.0935. The fourth-order valence-electron chi connectivity index (χ4n) is 4.64. The SMILES string of the molecule is CC(=O)c1ccc(S(=O)(=O)N2CCC(C(=O)N3CCC[C@@H]3c3ccccc3)CC2)cc1. The molecule has 0 aliphatic carbocycles. The van der Waals surface area contributed by atoms with Gasteiger partial charge in [0.1, 0.15) is 0 Å². The van der Waals surface area contributed by atoms with Crippen molar-refractivity contribution in [2.45, 2.75) is 43.5 Å². The van der Waals surface area contributed by atoms with Gasteiger partial charge in [0.05, 0.1) is 10.9 Å². The summed E-state index contributed by atoms with van der Waals surface area (Å²) in [5.41, 5.74) is 1.66. The summed E-state index contributed by atoms with van der Waals surface area (Å²) in [5, 5.41) is 0. The van der Waals surface area contributed by atoms with Crippen LogP contribution in [-0.2, 0) is 14.8 Å². The van der Waals surface area contributed by atoms with Gasteiger partial charge < -0.3 is 4.90 Å². The molecule has 2 aromatic rings. The Hall–Kier alpha value is -2.51. The highest BCUT2D eigenvalue weighted by Gasteiger charge is 2.37. The molecule has 2 aliphatic rings. The number of hydrogen-bond acceptors (Lipinski definition) is 4. The average Bonchev–Trinajstić information content (AvgIpc) is 3.29. The minimum Gasteiger partial charge on any atom is -0.335 e. The van der Waals surface area contributed by atoms with Crippen molar-refractivity contribution in [1.82, 2.24) is 9.21 Å². The molecule has 0 radical (unpaired) electrons. The first-order chi connectivity index (χ1) is 14.9. The first-order valence-electron chi connectivity index (χ1n) is 10.8. The summed E-state index contributed by atoms with van der Waals surface area (Å²) in [6.07, 6.45) is 3.03. The molecule has 31 heavy (non-hydrogen) atoms. The number of sulfonamides is 1. The van der Waals surface area contributed by atoms with Crippen LogP contribution >= 0.6 is 0 Å². The minimum absolute atomic E-state index is 0.0982. The molecule has 2 heterocycles. The van der Waals surface area contributed by atoms with E-state index in [9.17, 15) is 18.0 Å². The number of hydrogen-bond donors (Lipinski definition) is 0. The maximum absolute atomic E-state index is 13.2. The molecule has 0 aromatic heterocycles. The Morgan fingerprint density at radius 1 is 0.871 bits per heavy atom. The van der Waals surface area contributed by atoms with Crippen molar-refractivity contribution in [1.29, 1.82) is 0 Å². The van der Waals surface area contributed by atoms with E-state index >= 15 is 0 Å². The van der Waals surface area contributed by atoms with Crippen LogP contribution in [0, 0.1) is 5.92 Å². The van der Waals surface area contributed by atoms with Crippen LogP contribution in [0.4, 0.5) is 0 Å². The molecule has 6 nitrogen and oxygen atoms in total. The second-order valence-electron chi connectivity index (χ2n) is 8.36. The third kappa shape index (κ3) is 4.43. The van der Waals surface area contributed by atoms with Crippen LogP contribution in [0.2, 0.25) is 0 Å². The predicted molar refractivity (Wildman–Crippen MR) is 118 cm³/mol. The van der Waals surface area contributed by atoms with E-state index in [2.05, 4.69) is 12.1 Å². The Kier molecular flexibility index (Phi) is 6.25. The topological polar surface area (TPSA) is 74.8 Å². The molecule has 4 rings (SSSR count). The van der Waals surface area contributed by atoms with Crippen molar-refractivity contribution < 1.29 is 18.0 Å². The molecule has 2 fully saturated rings. The molecular weight excluding hydrogens is 412 g/mol. The molecule has 2 aliphatic heterocycles. The van der Waals surface area contributed by atoms with Crippen molar-refractivity contribution in [3.8, 4) is 0 Å². The summed E-state index contributed by atoms with van der Waals surface area (Å²) >= 11 is 0. The molecular formula is C24H28N2O4S. The van der Waals surface area contributed by atoms with Gasteiger partial charge in [0.2, 0.25) is 15.9 Å². The second-order valence-corrected chi connectivity index (χ2v) is 10.3. The summed E-state index contributed by atoms with van der Waals surface area (Å²) in [7, 11) is -3.63. The van der Waals surface area contributed by atoms with Crippen molar-refractivity contribution >= 4 is 21.7 Å². The zero-order valence-electron chi connectivity index (χ0n) is 17.7. The van der Waals surface area contributed by atoms with Crippen LogP contribution in [0.15, 0.2) is 59.5 Å². The van der Waals surface area contributed by atoms with Gasteiger partial charge in [-0.25, -0.2) is 8.42 Å². The number of Topliss-reactive ketones (excluding diaryl/α,β-unsaturated/α-hetero) is 1. The van der Waals surface area contributed by atoms with Crippen LogP contribution in [0.25, 0.3) is 0 Å². The molecule has 0 unspecified atom stereocenters. The van der Waals surface area contributed by atoms with E-state index in [1.54, 1.807) is 12.1 Å². The van der Waals surface area contributed by atoms with Gasteiger partial charge in [-0.3, -0.25) is 9.59 Å². The molecule has 7 heteroatoms. The molecule has 164 valence electrons. The monoisotopic (exact) mass is 440 g/mol. The number of carbonyl (C=O) groups is 2. The Bertz CT molecular complexity index is 1040. The number of piperidine rings is 1. The Labute approximate surface area is 183 Å². The normalized spacial score (nSPS) is 20.7. The fraction of sp³-hybridized carbons (Fsp3) is 0.417. The number of amides is 1. The number of carbonyl (C=O) groups excluding carboxylic acids is 2. The van der Waals surface area contributed by atoms with Crippen molar-refractivity contribution in [2.75, 3.05) is 19.6 Å². The lowest BCUT2D eigenvalue weighted by Gasteiger charge is -2.34. The Balaban J connectivity index is 1.41. The van der Waals surface area contributed by atoms with E-state index in [0.717, 1.165) is 19.4 Å². The van der Waals surface area contributed by atoms with Crippen LogP contribution in [0.3, 0.4) is 0 Å². The molecule has 0 bridgehead atoms. The molecule has 2 saturated heterocycles. The van der Waals surface area contributed by atoms with Crippen LogP contribution in [0.5, 0.6) is 0 Å². The van der Waals surface area contributed by atoms with Crippen LogP contribution < -0.4 is 0 Å². The summed E-state index contributed by atoms with van der Waals surface area (Å²) < 4.78 is 27.4. The zero-order valence-corrected chi connectivity index (χ0v) is 18.6. The molecule has 0 saturated carbocycles. The smallest absolute Gasteiger partial charge is 0.243 e. The number of rotatable bonds is 5. The summed E-state index contributed by atoms with van der Waals surface area (Å²) in [4.78, 5) is 26.8. The lowest BCUT2D eigenvalue weighted by Crippen LogP contribution is -2.44. The van der Waals surface area contributed by atoms with E-state index in [1.165, 1.54) is 28.9 Å². The van der Waals surface area contributed by atoms with Gasteiger partial charge >= 0.3 is 0 Å². The van der Waals surface area contributed by atoms with Crippen molar-refractivity contribution in [2.24, 2.45) is 5.92 Å². The van der Waals surface area contributed by atoms with Gasteiger partial charge in [-0.1, -0.05) is 42.5 Å². The van der Waals surface area contributed by atoms with Crippen LogP contribution in [0.1, 0.15) is 54.6 Å². The molecule has 0 N–H and O–H groups in total. The van der Waals surface area contributed by atoms with Crippen molar-refractivity contribution in [3.05, 3.63) is 65.7 Å². The zero-order chi connectivity index (χ0) is 22.0. The van der Waals surface area contributed by atoms with Crippen molar-refractivity contribution in [3.63, 3.8) is 0 Å². The predicted octanol–water partition coefficient (Wildman–Crippen LogP) is 3.65. The molecule has 1 atom stereocenters. The van der Waals surface area contributed by atoms with E-state index in [1.807, 2.05) is 23.1 Å². The largest absolute Gasteiger partial charge is 0.335 e. The van der Waals surface area contributed by atoms with E-state index in [0.29, 0.717) is 31.5 Å². The minimum atomic E-state index is -3.63. The highest BCUT2D eigenvalue weighted by atomic mass is 32.2. The maximum Gasteiger partial charge on any atom is 0.243 e. The Morgan fingerprint density at radius 2 is 1.52 bits per heavy atom. The number of ketones is 1. The van der Waals surface area contributed by atoms with Crippen LogP contribution in [-0.4, -0.2) is 48.9 Å². The highest BCUT2D eigenvalue weighted by Crippen LogP contribution is 2.35. The van der Waals surface area contributed by atoms with Gasteiger partial charge in [-0.15, -0.1) is 0 Å². The van der Waals surface area contributed by atoms with Gasteiger partial charge in [0.15, 0.2) is 5.78 Å². The summed E-state index contributed by atoms with van der Waals surface area (Å²) in [6.45, 7) is 2.88. The first-order valence-corrected chi connectivity index (χ1v) is 12.3. The first kappa shape index (κ1) is 21.7. The Morgan fingerprint density at radius 3 is 2.13 bits per heavy atom. The lowest BCUT2D eigenvalue weighted by atomic mass is 9.95.